The number of para-hydroxylation sites is 1. The van der Waals surface area contributed by atoms with E-state index in [2.05, 4.69) is 26.1 Å². The molecule has 1 fully saturated rings. The topological polar surface area (TPSA) is 66.5 Å². The molecule has 0 unspecified atom stereocenters. The second-order valence-electron chi connectivity index (χ2n) is 8.08. The van der Waals surface area contributed by atoms with E-state index in [0.717, 1.165) is 11.3 Å². The molecule has 0 bridgehead atoms. The Balaban J connectivity index is 1.62. The van der Waals surface area contributed by atoms with E-state index in [1.165, 1.54) is 4.90 Å². The van der Waals surface area contributed by atoms with Crippen molar-refractivity contribution in [3.05, 3.63) is 42.0 Å². The van der Waals surface area contributed by atoms with Gasteiger partial charge in [0, 0.05) is 18.7 Å². The minimum atomic E-state index is -0.239. The van der Waals surface area contributed by atoms with Crippen molar-refractivity contribution in [1.29, 1.82) is 0 Å². The summed E-state index contributed by atoms with van der Waals surface area (Å²) in [5.74, 6) is -0.927. The molecule has 3 rings (SSSR count). The summed E-state index contributed by atoms with van der Waals surface area (Å²) in [5.41, 5.74) is 1.74. The molecule has 0 aromatic heterocycles. The number of benzene rings is 1. The summed E-state index contributed by atoms with van der Waals surface area (Å²) >= 11 is 0. The number of rotatable bonds is 4. The van der Waals surface area contributed by atoms with Crippen molar-refractivity contribution < 1.29 is 14.4 Å². The van der Waals surface area contributed by atoms with Gasteiger partial charge in [-0.25, -0.2) is 0 Å². The molecule has 1 saturated heterocycles. The van der Waals surface area contributed by atoms with Gasteiger partial charge in [-0.2, -0.15) is 0 Å². The Hall–Kier alpha value is -2.43. The van der Waals surface area contributed by atoms with Crippen LogP contribution in [0.25, 0.3) is 0 Å². The zero-order valence-electron chi connectivity index (χ0n) is 15.6. The van der Waals surface area contributed by atoms with Crippen LogP contribution in [0.3, 0.4) is 0 Å². The molecule has 0 spiro atoms. The number of amides is 3. The predicted octanol–water partition coefficient (Wildman–Crippen LogP) is 3.26. The summed E-state index contributed by atoms with van der Waals surface area (Å²) in [5, 5.41) is 2.93. The summed E-state index contributed by atoms with van der Waals surface area (Å²) < 4.78 is 0. The number of carbonyl (C=O) groups is 3. The third-order valence-corrected chi connectivity index (χ3v) is 5.17. The maximum absolute atomic E-state index is 12.4. The molecule has 138 valence electrons. The van der Waals surface area contributed by atoms with Crippen molar-refractivity contribution in [3.63, 3.8) is 0 Å². The van der Waals surface area contributed by atoms with Crippen molar-refractivity contribution in [2.45, 2.75) is 45.4 Å². The fraction of sp³-hybridized carbons (Fsp3) is 0.476. The summed E-state index contributed by atoms with van der Waals surface area (Å²) in [4.78, 5) is 38.6. The third-order valence-electron chi connectivity index (χ3n) is 5.17. The van der Waals surface area contributed by atoms with Gasteiger partial charge in [0.2, 0.25) is 17.7 Å². The molecular formula is C21H26N2O3. The van der Waals surface area contributed by atoms with E-state index in [-0.39, 0.29) is 47.9 Å². The minimum Gasteiger partial charge on any atom is -0.326 e. The Labute approximate surface area is 154 Å². The van der Waals surface area contributed by atoms with Crippen LogP contribution < -0.4 is 5.32 Å². The highest BCUT2D eigenvalue weighted by Crippen LogP contribution is 2.35. The normalized spacial score (nSPS) is 22.5. The largest absolute Gasteiger partial charge is 0.326 e. The smallest absolute Gasteiger partial charge is 0.233 e. The Morgan fingerprint density at radius 2 is 1.65 bits per heavy atom. The molecule has 1 aromatic rings. The molecule has 0 saturated carbocycles. The zero-order valence-corrected chi connectivity index (χ0v) is 15.6. The Morgan fingerprint density at radius 1 is 1.08 bits per heavy atom. The van der Waals surface area contributed by atoms with Gasteiger partial charge in [0.15, 0.2) is 0 Å². The van der Waals surface area contributed by atoms with Gasteiger partial charge in [-0.1, -0.05) is 51.1 Å². The molecule has 1 N–H and O–H groups in total. The number of anilines is 1. The average molecular weight is 354 g/mol. The van der Waals surface area contributed by atoms with E-state index in [1.807, 2.05) is 36.4 Å². The zero-order chi connectivity index (χ0) is 18.9. The number of carbonyl (C=O) groups excluding carboxylic acids is 3. The average Bonchev–Trinajstić information content (AvgIpc) is 2.84. The Morgan fingerprint density at radius 3 is 2.23 bits per heavy atom. The van der Waals surface area contributed by atoms with Crippen LogP contribution in [0.2, 0.25) is 0 Å². The predicted molar refractivity (Wildman–Crippen MR) is 100 cm³/mol. The van der Waals surface area contributed by atoms with Crippen LogP contribution in [0.5, 0.6) is 0 Å². The Kier molecular flexibility index (Phi) is 4.99. The number of nitrogens with one attached hydrogen (secondary N) is 1. The van der Waals surface area contributed by atoms with E-state index in [4.69, 9.17) is 0 Å². The maximum Gasteiger partial charge on any atom is 0.233 e. The van der Waals surface area contributed by atoms with Crippen LogP contribution in [-0.2, 0) is 19.8 Å². The molecule has 5 nitrogen and oxygen atoms in total. The lowest BCUT2D eigenvalue weighted by atomic mass is 9.85. The van der Waals surface area contributed by atoms with Gasteiger partial charge in [-0.05, 0) is 29.9 Å². The Bertz CT molecular complexity index is 735. The second-order valence-corrected chi connectivity index (χ2v) is 8.08. The first-order valence-corrected chi connectivity index (χ1v) is 9.18. The number of likely N-dealkylation sites (tertiary alicyclic amines) is 1. The molecule has 1 aliphatic heterocycles. The molecule has 2 aliphatic rings. The van der Waals surface area contributed by atoms with Gasteiger partial charge < -0.3 is 5.32 Å². The highest BCUT2D eigenvalue weighted by molar-refractivity contribution is 6.05. The van der Waals surface area contributed by atoms with Crippen molar-refractivity contribution in [1.82, 2.24) is 4.90 Å². The van der Waals surface area contributed by atoms with Crippen molar-refractivity contribution in [2.24, 2.45) is 11.8 Å². The lowest BCUT2D eigenvalue weighted by molar-refractivity contribution is -0.140. The monoisotopic (exact) mass is 354 g/mol. The van der Waals surface area contributed by atoms with Gasteiger partial charge >= 0.3 is 0 Å². The summed E-state index contributed by atoms with van der Waals surface area (Å²) in [6, 6.07) is 7.72. The van der Waals surface area contributed by atoms with E-state index in [1.54, 1.807) is 0 Å². The molecule has 0 radical (unpaired) electrons. The van der Waals surface area contributed by atoms with Crippen molar-refractivity contribution in [3.8, 4) is 0 Å². The molecule has 5 heteroatoms. The number of fused-ring (bicyclic) bond motifs is 1. The van der Waals surface area contributed by atoms with Crippen LogP contribution in [-0.4, -0.2) is 29.2 Å². The summed E-state index contributed by atoms with van der Waals surface area (Å²) in [7, 11) is 0. The molecule has 1 heterocycles. The van der Waals surface area contributed by atoms with Gasteiger partial charge in [0.25, 0.3) is 0 Å². The first-order chi connectivity index (χ1) is 12.3. The van der Waals surface area contributed by atoms with E-state index < -0.39 is 0 Å². The molecular weight excluding hydrogens is 328 g/mol. The molecule has 1 aromatic carbocycles. The number of imide groups is 1. The number of nitrogens with zero attached hydrogens (tertiary/aromatic N) is 1. The molecule has 26 heavy (non-hydrogen) atoms. The highest BCUT2D eigenvalue weighted by Gasteiger charge is 2.46. The third kappa shape index (κ3) is 3.57. The lowest BCUT2D eigenvalue weighted by Gasteiger charge is -2.23. The first kappa shape index (κ1) is 18.4. The van der Waals surface area contributed by atoms with Gasteiger partial charge in [-0.15, -0.1) is 0 Å². The first-order valence-electron chi connectivity index (χ1n) is 9.18. The van der Waals surface area contributed by atoms with E-state index in [9.17, 15) is 14.4 Å². The molecule has 2 atom stereocenters. The number of allylic oxidation sites excluding steroid dienone is 2. The van der Waals surface area contributed by atoms with Gasteiger partial charge in [-0.3, -0.25) is 19.3 Å². The second kappa shape index (κ2) is 7.06. The van der Waals surface area contributed by atoms with Crippen LogP contribution in [0.1, 0.15) is 45.6 Å². The standard InChI is InChI=1S/C21H26N2O3/c1-21(2,3)16-10-6-7-11-17(16)22-18(24)12-13-23-19(25)14-8-4-5-9-15(14)20(23)26/h4-7,10-11,14-15H,8-9,12-13H2,1-3H3,(H,22,24)/t14-,15-/m1/s1. The van der Waals surface area contributed by atoms with Crippen LogP contribution in [0, 0.1) is 11.8 Å². The molecule has 1 aliphatic carbocycles. The quantitative estimate of drug-likeness (QED) is 0.667. The van der Waals surface area contributed by atoms with Gasteiger partial charge in [0.05, 0.1) is 11.8 Å². The number of hydrogen-bond donors (Lipinski definition) is 1. The fourth-order valence-corrected chi connectivity index (χ4v) is 3.76. The summed E-state index contributed by atoms with van der Waals surface area (Å²) in [6.45, 7) is 6.42. The van der Waals surface area contributed by atoms with Crippen LogP contribution in [0.4, 0.5) is 5.69 Å². The summed E-state index contributed by atoms with van der Waals surface area (Å²) in [6.07, 6.45) is 5.29. The van der Waals surface area contributed by atoms with E-state index >= 15 is 0 Å². The number of hydrogen-bond acceptors (Lipinski definition) is 3. The SMILES string of the molecule is CC(C)(C)c1ccccc1NC(=O)CCN1C(=O)[C@@H]2CC=CC[C@H]2C1=O. The lowest BCUT2D eigenvalue weighted by Crippen LogP contribution is -2.34. The minimum absolute atomic E-state index is 0.0898. The fourth-order valence-electron chi connectivity index (χ4n) is 3.76. The molecule has 3 amide bonds. The maximum atomic E-state index is 12.4. The van der Waals surface area contributed by atoms with Gasteiger partial charge in [0.1, 0.15) is 0 Å². The van der Waals surface area contributed by atoms with Crippen LogP contribution >= 0.6 is 0 Å². The van der Waals surface area contributed by atoms with Crippen LogP contribution in [0.15, 0.2) is 36.4 Å². The van der Waals surface area contributed by atoms with E-state index in [0.29, 0.717) is 12.8 Å². The van der Waals surface area contributed by atoms with Crippen molar-refractivity contribution >= 4 is 23.4 Å². The van der Waals surface area contributed by atoms with Crippen molar-refractivity contribution in [2.75, 3.05) is 11.9 Å². The highest BCUT2D eigenvalue weighted by atomic mass is 16.2.